The average molecular weight is 335 g/mol. The molecular weight excluding hydrogens is 314 g/mol. The predicted molar refractivity (Wildman–Crippen MR) is 90.8 cm³/mol. The van der Waals surface area contributed by atoms with Crippen LogP contribution in [0.15, 0.2) is 18.2 Å². The van der Waals surface area contributed by atoms with Crippen molar-refractivity contribution in [1.82, 2.24) is 4.98 Å². The predicted octanol–water partition coefficient (Wildman–Crippen LogP) is 4.26. The van der Waals surface area contributed by atoms with Crippen molar-refractivity contribution in [3.05, 3.63) is 28.8 Å². The van der Waals surface area contributed by atoms with Crippen molar-refractivity contribution in [1.29, 1.82) is 0 Å². The maximum absolute atomic E-state index is 11.3. The Kier molecular flexibility index (Phi) is 5.98. The molecule has 0 aliphatic rings. The standard InChI is InChI=1S/C17H21NO4S/c1-4-6-9-22-13-8-7-11(10-14(13)21-3)16-18-12(5-2)15(23-16)17(19)20/h7-8,10H,4-6,9H2,1-3H3,(H,19,20). The van der Waals surface area contributed by atoms with Gasteiger partial charge in [0.25, 0.3) is 0 Å². The number of aromatic carboxylic acids is 1. The molecular formula is C17H21NO4S. The fourth-order valence-electron chi connectivity index (χ4n) is 2.13. The fraction of sp³-hybridized carbons (Fsp3) is 0.412. The first kappa shape index (κ1) is 17.3. The molecule has 1 aromatic heterocycles. The molecule has 0 saturated heterocycles. The Hall–Kier alpha value is -2.08. The molecule has 0 saturated carbocycles. The number of carboxylic acid groups (broad SMARTS) is 1. The number of carboxylic acids is 1. The first-order valence-electron chi connectivity index (χ1n) is 7.64. The van der Waals surface area contributed by atoms with Crippen LogP contribution in [0.4, 0.5) is 0 Å². The van der Waals surface area contributed by atoms with Crippen molar-refractivity contribution in [3.8, 4) is 22.1 Å². The van der Waals surface area contributed by atoms with Crippen molar-refractivity contribution >= 4 is 17.3 Å². The number of ether oxygens (including phenoxy) is 2. The number of thiazole rings is 1. The Balaban J connectivity index is 2.31. The highest BCUT2D eigenvalue weighted by molar-refractivity contribution is 7.17. The molecule has 124 valence electrons. The van der Waals surface area contributed by atoms with Gasteiger partial charge in [-0.2, -0.15) is 0 Å². The number of carbonyl (C=O) groups is 1. The quantitative estimate of drug-likeness (QED) is 0.730. The second-order valence-corrected chi connectivity index (χ2v) is 6.02. The van der Waals surface area contributed by atoms with E-state index in [1.54, 1.807) is 7.11 Å². The van der Waals surface area contributed by atoms with Crippen LogP contribution >= 0.6 is 11.3 Å². The lowest BCUT2D eigenvalue weighted by atomic mass is 10.2. The molecule has 0 spiro atoms. The van der Waals surface area contributed by atoms with Gasteiger partial charge in [-0.15, -0.1) is 11.3 Å². The first-order valence-corrected chi connectivity index (χ1v) is 8.46. The highest BCUT2D eigenvalue weighted by Crippen LogP contribution is 2.35. The summed E-state index contributed by atoms with van der Waals surface area (Å²) >= 11 is 1.18. The van der Waals surface area contributed by atoms with Crippen LogP contribution in [0.5, 0.6) is 11.5 Å². The molecule has 0 aliphatic carbocycles. The van der Waals surface area contributed by atoms with Gasteiger partial charge < -0.3 is 14.6 Å². The van der Waals surface area contributed by atoms with E-state index in [9.17, 15) is 9.90 Å². The van der Waals surface area contributed by atoms with E-state index < -0.39 is 5.97 Å². The third-order valence-electron chi connectivity index (χ3n) is 3.39. The number of hydrogen-bond donors (Lipinski definition) is 1. The van der Waals surface area contributed by atoms with Crippen LogP contribution in [0.2, 0.25) is 0 Å². The molecule has 2 aromatic rings. The van der Waals surface area contributed by atoms with Crippen LogP contribution in [-0.2, 0) is 6.42 Å². The zero-order valence-corrected chi connectivity index (χ0v) is 14.4. The van der Waals surface area contributed by atoms with Gasteiger partial charge in [0, 0.05) is 5.56 Å². The number of hydrogen-bond acceptors (Lipinski definition) is 5. The summed E-state index contributed by atoms with van der Waals surface area (Å²) in [7, 11) is 1.59. The summed E-state index contributed by atoms with van der Waals surface area (Å²) in [6.07, 6.45) is 2.64. The topological polar surface area (TPSA) is 68.7 Å². The number of aromatic nitrogens is 1. The third-order valence-corrected chi connectivity index (χ3v) is 4.53. The van der Waals surface area contributed by atoms with Gasteiger partial charge in [-0.05, 0) is 31.0 Å². The normalized spacial score (nSPS) is 10.6. The second-order valence-electron chi connectivity index (χ2n) is 5.02. The van der Waals surface area contributed by atoms with Crippen molar-refractivity contribution in [2.75, 3.05) is 13.7 Å². The van der Waals surface area contributed by atoms with E-state index in [0.717, 1.165) is 18.4 Å². The Morgan fingerprint density at radius 2 is 2.09 bits per heavy atom. The maximum Gasteiger partial charge on any atom is 0.347 e. The molecule has 0 atom stereocenters. The van der Waals surface area contributed by atoms with E-state index in [4.69, 9.17) is 9.47 Å². The average Bonchev–Trinajstić information content (AvgIpc) is 3.00. The maximum atomic E-state index is 11.3. The van der Waals surface area contributed by atoms with Crippen molar-refractivity contribution in [3.63, 3.8) is 0 Å². The number of rotatable bonds is 8. The van der Waals surface area contributed by atoms with Gasteiger partial charge in [-0.3, -0.25) is 0 Å². The summed E-state index contributed by atoms with van der Waals surface area (Å²) in [6, 6.07) is 5.57. The Morgan fingerprint density at radius 1 is 1.30 bits per heavy atom. The van der Waals surface area contributed by atoms with Gasteiger partial charge in [0.05, 0.1) is 19.4 Å². The minimum absolute atomic E-state index is 0.296. The second kappa shape index (κ2) is 7.97. The lowest BCUT2D eigenvalue weighted by Gasteiger charge is -2.11. The summed E-state index contributed by atoms with van der Waals surface area (Å²) in [5.41, 5.74) is 1.44. The van der Waals surface area contributed by atoms with Gasteiger partial charge in [0.2, 0.25) is 0 Å². The van der Waals surface area contributed by atoms with E-state index in [1.165, 1.54) is 11.3 Å². The van der Waals surface area contributed by atoms with Crippen molar-refractivity contribution in [2.45, 2.75) is 33.1 Å². The molecule has 6 heteroatoms. The number of benzene rings is 1. The number of methoxy groups -OCH3 is 1. The van der Waals surface area contributed by atoms with E-state index in [2.05, 4.69) is 11.9 Å². The van der Waals surface area contributed by atoms with Crippen LogP contribution in [0.25, 0.3) is 10.6 Å². The Bertz CT molecular complexity index is 681. The molecule has 0 fully saturated rings. The van der Waals surface area contributed by atoms with E-state index in [-0.39, 0.29) is 0 Å². The number of nitrogens with zero attached hydrogens (tertiary/aromatic N) is 1. The van der Waals surface area contributed by atoms with E-state index in [1.807, 2.05) is 25.1 Å². The molecule has 0 unspecified atom stereocenters. The lowest BCUT2D eigenvalue weighted by Crippen LogP contribution is -1.98. The molecule has 0 radical (unpaired) electrons. The van der Waals surface area contributed by atoms with Crippen LogP contribution in [-0.4, -0.2) is 29.8 Å². The molecule has 0 amide bonds. The van der Waals surface area contributed by atoms with Gasteiger partial charge in [-0.25, -0.2) is 9.78 Å². The number of aryl methyl sites for hydroxylation is 1. The molecule has 1 N–H and O–H groups in total. The molecule has 1 heterocycles. The van der Waals surface area contributed by atoms with Crippen LogP contribution in [0, 0.1) is 0 Å². The Labute approximate surface area is 139 Å². The first-order chi connectivity index (χ1) is 11.1. The van der Waals surface area contributed by atoms with Crippen LogP contribution in [0.3, 0.4) is 0 Å². The van der Waals surface area contributed by atoms with Gasteiger partial charge in [0.15, 0.2) is 11.5 Å². The minimum atomic E-state index is -0.933. The van der Waals surface area contributed by atoms with Gasteiger partial charge in [-0.1, -0.05) is 20.3 Å². The largest absolute Gasteiger partial charge is 0.493 e. The molecule has 1 aromatic carbocycles. The summed E-state index contributed by atoms with van der Waals surface area (Å²) in [5.74, 6) is 0.385. The summed E-state index contributed by atoms with van der Waals surface area (Å²) < 4.78 is 11.1. The smallest absolute Gasteiger partial charge is 0.347 e. The summed E-state index contributed by atoms with van der Waals surface area (Å²) in [5, 5.41) is 9.93. The lowest BCUT2D eigenvalue weighted by molar-refractivity contribution is 0.0701. The summed E-state index contributed by atoms with van der Waals surface area (Å²) in [4.78, 5) is 16.0. The Morgan fingerprint density at radius 3 is 2.65 bits per heavy atom. The highest BCUT2D eigenvalue weighted by atomic mass is 32.1. The van der Waals surface area contributed by atoms with Gasteiger partial charge >= 0.3 is 5.97 Å². The van der Waals surface area contributed by atoms with Crippen molar-refractivity contribution in [2.24, 2.45) is 0 Å². The molecule has 0 aliphatic heterocycles. The fourth-order valence-corrected chi connectivity index (χ4v) is 3.12. The summed E-state index contributed by atoms with van der Waals surface area (Å²) in [6.45, 7) is 4.65. The van der Waals surface area contributed by atoms with E-state index >= 15 is 0 Å². The zero-order chi connectivity index (χ0) is 16.8. The van der Waals surface area contributed by atoms with Crippen LogP contribution < -0.4 is 9.47 Å². The molecule has 0 bridgehead atoms. The minimum Gasteiger partial charge on any atom is -0.493 e. The molecule has 2 rings (SSSR count). The third kappa shape index (κ3) is 4.01. The van der Waals surface area contributed by atoms with Crippen LogP contribution in [0.1, 0.15) is 42.1 Å². The molecule has 23 heavy (non-hydrogen) atoms. The highest BCUT2D eigenvalue weighted by Gasteiger charge is 2.18. The van der Waals surface area contributed by atoms with E-state index in [0.29, 0.717) is 40.1 Å². The number of unbranched alkanes of at least 4 members (excludes halogenated alkanes) is 1. The monoisotopic (exact) mass is 335 g/mol. The zero-order valence-electron chi connectivity index (χ0n) is 13.6. The van der Waals surface area contributed by atoms with Crippen molar-refractivity contribution < 1.29 is 19.4 Å². The SMILES string of the molecule is CCCCOc1ccc(-c2nc(CC)c(C(=O)O)s2)cc1OC. The van der Waals surface area contributed by atoms with Gasteiger partial charge in [0.1, 0.15) is 9.88 Å². The molecule has 5 nitrogen and oxygen atoms in total.